The Morgan fingerprint density at radius 2 is 0.765 bits per heavy atom. The summed E-state index contributed by atoms with van der Waals surface area (Å²) in [5.74, 6) is 0. The lowest BCUT2D eigenvalue weighted by Gasteiger charge is -2.01. The molecule has 0 fully saturated rings. The fraction of sp³-hybridized carbons (Fsp3) is 1.00. The summed E-state index contributed by atoms with van der Waals surface area (Å²) in [6.45, 7) is 0. The van der Waals surface area contributed by atoms with Crippen molar-refractivity contribution >= 4 is 61.2 Å². The highest BCUT2D eigenvalue weighted by Gasteiger charge is 1.70. The molecule has 17 heavy (non-hydrogen) atoms. The maximum atomic E-state index is 4.58. The smallest absolute Gasteiger partial charge is 0.0574 e. The van der Waals surface area contributed by atoms with Crippen molar-refractivity contribution in [3.05, 3.63) is 0 Å². The van der Waals surface area contributed by atoms with Crippen LogP contribution in [-0.4, -0.2) is 52.3 Å². The highest BCUT2D eigenvalue weighted by molar-refractivity contribution is 15.0. The van der Waals surface area contributed by atoms with E-state index in [2.05, 4.69) is 42.1 Å². The molecule has 0 saturated carbocycles. The van der Waals surface area contributed by atoms with Gasteiger partial charge in [0.15, 0.2) is 0 Å². The summed E-state index contributed by atoms with van der Waals surface area (Å²) in [6.07, 6.45) is 0. The van der Waals surface area contributed by atoms with Gasteiger partial charge in [0.1, 0.15) is 0 Å². The maximum Gasteiger partial charge on any atom is 0.0574 e. The molecule has 0 bridgehead atoms. The zero-order valence-corrected chi connectivity index (χ0v) is 15.1. The van der Waals surface area contributed by atoms with E-state index >= 15 is 0 Å². The van der Waals surface area contributed by atoms with Crippen molar-refractivity contribution in [1.82, 2.24) is 9.96 Å². The standard InChI is InChI=1S/C3H9NO.C3H9N.5CH4.I2.HI/c1-4(2)5-3;1-4(2)3;;;;;;1-2;/h1-3H3;1-3H3;5*1H4;;1H. The summed E-state index contributed by atoms with van der Waals surface area (Å²) >= 11 is 4.24. The Morgan fingerprint density at radius 1 is 0.706 bits per heavy atom. The molecule has 3 nitrogen and oxygen atoms in total. The van der Waals surface area contributed by atoms with Gasteiger partial charge in [0, 0.05) is 51.3 Å². The van der Waals surface area contributed by atoms with E-state index in [0.29, 0.717) is 0 Å². The van der Waals surface area contributed by atoms with Gasteiger partial charge in [-0.05, 0) is 21.1 Å². The minimum absolute atomic E-state index is 0. The van der Waals surface area contributed by atoms with Gasteiger partial charge in [0.25, 0.3) is 0 Å². The lowest BCUT2D eigenvalue weighted by Crippen LogP contribution is -2.07. The fourth-order valence-corrected chi connectivity index (χ4v) is 0. The predicted molar refractivity (Wildman–Crippen MR) is 117 cm³/mol. The third-order valence-electron chi connectivity index (χ3n) is 0.365. The monoisotopic (exact) mass is 596 g/mol. The molecule has 0 saturated heterocycles. The van der Waals surface area contributed by atoms with Crippen LogP contribution in [0.5, 0.6) is 0 Å². The van der Waals surface area contributed by atoms with Crippen LogP contribution in [0, 0.1) is 0 Å². The van der Waals surface area contributed by atoms with Gasteiger partial charge in [0.05, 0.1) is 7.11 Å². The fourth-order valence-electron chi connectivity index (χ4n) is 0. The Bertz CT molecular complexity index is 57.2. The van der Waals surface area contributed by atoms with E-state index in [9.17, 15) is 0 Å². The van der Waals surface area contributed by atoms with Crippen molar-refractivity contribution in [3.8, 4) is 0 Å². The molecular formula is C11H39I3N2O. The third-order valence-corrected chi connectivity index (χ3v) is 0.365. The Morgan fingerprint density at radius 3 is 0.765 bits per heavy atom. The van der Waals surface area contributed by atoms with Crippen LogP contribution in [0.25, 0.3) is 0 Å². The first-order chi connectivity index (χ1) is 5.00. The summed E-state index contributed by atoms with van der Waals surface area (Å²) in [4.78, 5) is 6.58. The largest absolute Gasteiger partial charge is 0.312 e. The van der Waals surface area contributed by atoms with Gasteiger partial charge in [0.2, 0.25) is 0 Å². The normalized spacial score (nSPS) is 5.29. The van der Waals surface area contributed by atoms with Crippen molar-refractivity contribution in [3.63, 3.8) is 0 Å². The van der Waals surface area contributed by atoms with E-state index in [0.717, 1.165) is 0 Å². The summed E-state index contributed by atoms with van der Waals surface area (Å²) in [5.41, 5.74) is 0. The number of hydroxylamine groups is 2. The second-order valence-electron chi connectivity index (χ2n) is 2.34. The van der Waals surface area contributed by atoms with Crippen molar-refractivity contribution in [2.75, 3.05) is 42.3 Å². The molecule has 0 unspecified atom stereocenters. The summed E-state index contributed by atoms with van der Waals surface area (Å²) in [5, 5.41) is 1.62. The quantitative estimate of drug-likeness (QED) is 0.279. The molecule has 0 aromatic rings. The van der Waals surface area contributed by atoms with E-state index in [4.69, 9.17) is 0 Å². The molecule has 6 heteroatoms. The van der Waals surface area contributed by atoms with Gasteiger partial charge < -0.3 is 9.74 Å². The lowest BCUT2D eigenvalue weighted by atomic mass is 11.0. The van der Waals surface area contributed by atoms with Crippen molar-refractivity contribution < 1.29 is 4.84 Å². The molecule has 0 rings (SSSR count). The lowest BCUT2D eigenvalue weighted by molar-refractivity contribution is -0.0855. The SMILES string of the molecule is C.C.C.C.C.CN(C)C.CON(C)C.I.II. The van der Waals surface area contributed by atoms with Crippen LogP contribution in [0.4, 0.5) is 0 Å². The molecule has 0 aromatic heterocycles. The van der Waals surface area contributed by atoms with Crippen molar-refractivity contribution in [2.45, 2.75) is 37.1 Å². The number of hydrogen-bond donors (Lipinski definition) is 0. The van der Waals surface area contributed by atoms with Crippen LogP contribution in [0.1, 0.15) is 37.1 Å². The van der Waals surface area contributed by atoms with E-state index in [1.54, 1.807) is 12.2 Å². The highest BCUT2D eigenvalue weighted by Crippen LogP contribution is 1.89. The van der Waals surface area contributed by atoms with Crippen LogP contribution in [0.3, 0.4) is 0 Å². The van der Waals surface area contributed by atoms with E-state index < -0.39 is 0 Å². The van der Waals surface area contributed by atoms with Gasteiger partial charge in [-0.3, -0.25) is 0 Å². The summed E-state index contributed by atoms with van der Waals surface area (Å²) in [7, 11) is 11.3. The van der Waals surface area contributed by atoms with Gasteiger partial charge in [-0.2, -0.15) is 5.06 Å². The molecule has 0 aliphatic rings. The number of rotatable bonds is 1. The van der Waals surface area contributed by atoms with Crippen LogP contribution in [-0.2, 0) is 4.84 Å². The van der Waals surface area contributed by atoms with Crippen LogP contribution in [0.15, 0.2) is 0 Å². The van der Waals surface area contributed by atoms with Crippen molar-refractivity contribution in [2.24, 2.45) is 0 Å². The van der Waals surface area contributed by atoms with Crippen LogP contribution < -0.4 is 0 Å². The zero-order valence-electron chi connectivity index (χ0n) is 8.47. The van der Waals surface area contributed by atoms with Crippen LogP contribution in [0.2, 0.25) is 0 Å². The third kappa shape index (κ3) is 282. The molecule has 0 aliphatic heterocycles. The molecule has 0 aromatic carbocycles. The second kappa shape index (κ2) is 64.0. The molecule has 0 amide bonds. The number of nitrogens with zero attached hydrogens (tertiary/aromatic N) is 2. The minimum atomic E-state index is 0. The second-order valence-corrected chi connectivity index (χ2v) is 2.34. The zero-order chi connectivity index (χ0) is 9.86. The Balaban J connectivity index is -0.00000000721. The van der Waals surface area contributed by atoms with E-state index in [-0.39, 0.29) is 61.1 Å². The molecule has 0 spiro atoms. The van der Waals surface area contributed by atoms with Crippen LogP contribution >= 0.6 is 61.2 Å². The molecule has 0 heterocycles. The van der Waals surface area contributed by atoms with Gasteiger partial charge in [-0.25, -0.2) is 0 Å². The predicted octanol–water partition coefficient (Wildman–Crippen LogP) is 5.86. The summed E-state index contributed by atoms with van der Waals surface area (Å²) in [6, 6.07) is 0. The molecule has 0 N–H and O–H groups in total. The summed E-state index contributed by atoms with van der Waals surface area (Å²) < 4.78 is 0. The molecule has 0 radical (unpaired) electrons. The first-order valence-corrected chi connectivity index (χ1v) is 9.26. The van der Waals surface area contributed by atoms with E-state index in [1.165, 1.54) is 0 Å². The average molecular weight is 596 g/mol. The molecule has 120 valence electrons. The Hall–Kier alpha value is 2.07. The first-order valence-electron chi connectivity index (χ1n) is 2.97. The molecule has 0 aliphatic carbocycles. The number of halogens is 3. The minimum Gasteiger partial charge on any atom is -0.312 e. The van der Waals surface area contributed by atoms with Crippen molar-refractivity contribution in [1.29, 1.82) is 0 Å². The van der Waals surface area contributed by atoms with Gasteiger partial charge in [-0.1, -0.05) is 37.1 Å². The molecular weight excluding hydrogens is 557 g/mol. The highest BCUT2D eigenvalue weighted by atomic mass is 128. The first kappa shape index (κ1) is 61.4. The maximum absolute atomic E-state index is 4.58. The Labute approximate surface area is 154 Å². The molecule has 0 atom stereocenters. The average Bonchev–Trinajstić information content (AvgIpc) is 1.91. The van der Waals surface area contributed by atoms with E-state index in [1.807, 2.05) is 40.1 Å². The van der Waals surface area contributed by atoms with Gasteiger partial charge in [-0.15, -0.1) is 24.0 Å². The topological polar surface area (TPSA) is 15.7 Å². The van der Waals surface area contributed by atoms with Gasteiger partial charge >= 0.3 is 0 Å². The number of hydrogen-bond acceptors (Lipinski definition) is 3. The Kier molecular flexibility index (Phi) is 231.